The average Bonchev–Trinajstić information content (AvgIpc) is 2.59. The van der Waals surface area contributed by atoms with Crippen molar-refractivity contribution in [3.63, 3.8) is 0 Å². The van der Waals surface area contributed by atoms with E-state index in [1.165, 1.54) is 21.5 Å². The highest BCUT2D eigenvalue weighted by molar-refractivity contribution is 7.79. The third-order valence-electron chi connectivity index (χ3n) is 3.66. The quantitative estimate of drug-likeness (QED) is 0.721. The number of hydrogen-bond acceptors (Lipinski definition) is 1. The maximum atomic E-state index is 5.64. The highest BCUT2D eigenvalue weighted by Gasteiger charge is 2.15. The van der Waals surface area contributed by atoms with Crippen molar-refractivity contribution in [2.45, 2.75) is 6.42 Å². The maximum Gasteiger partial charge on any atom is -0.00367 e. The molecule has 3 rings (SSSR count). The fraction of sp³-hybridized carbons (Fsp3) is 0.100. The van der Waals surface area contributed by atoms with Crippen LogP contribution in [0.5, 0.6) is 0 Å². The first-order chi connectivity index (χ1) is 10.9. The van der Waals surface area contributed by atoms with Gasteiger partial charge in [0.25, 0.3) is 0 Å². The summed E-state index contributed by atoms with van der Waals surface area (Å²) in [6.07, 6.45) is 0.939. The van der Waals surface area contributed by atoms with Gasteiger partial charge in [0.15, 0.2) is 0 Å². The standard InChI is InChI=1S/C20H20NP/c21-16-15-17-11-13-20(14-12-17)22(18-7-3-1-4-8-18)19-9-5-2-6-10-19/h1-14H,15-16,21H2. The molecule has 3 aromatic rings. The minimum atomic E-state index is -0.499. The molecule has 0 saturated heterocycles. The van der Waals surface area contributed by atoms with Crippen molar-refractivity contribution in [3.8, 4) is 0 Å². The molecule has 0 aliphatic carbocycles. The summed E-state index contributed by atoms with van der Waals surface area (Å²) in [6, 6.07) is 30.5. The molecule has 0 fully saturated rings. The van der Waals surface area contributed by atoms with Crippen molar-refractivity contribution in [2.75, 3.05) is 6.54 Å². The van der Waals surface area contributed by atoms with Gasteiger partial charge in [0.1, 0.15) is 0 Å². The molecular weight excluding hydrogens is 285 g/mol. The second-order valence-corrected chi connectivity index (χ2v) is 7.43. The van der Waals surface area contributed by atoms with Gasteiger partial charge in [-0.1, -0.05) is 84.9 Å². The summed E-state index contributed by atoms with van der Waals surface area (Å²) in [5.74, 6) is 0. The van der Waals surface area contributed by atoms with E-state index < -0.39 is 7.92 Å². The second-order valence-electron chi connectivity index (χ2n) is 5.21. The summed E-state index contributed by atoms with van der Waals surface area (Å²) < 4.78 is 0. The van der Waals surface area contributed by atoms with Crippen molar-refractivity contribution in [2.24, 2.45) is 5.73 Å². The molecule has 0 spiro atoms. The molecule has 110 valence electrons. The van der Waals surface area contributed by atoms with Crippen molar-refractivity contribution >= 4 is 23.8 Å². The summed E-state index contributed by atoms with van der Waals surface area (Å²) in [6.45, 7) is 0.700. The molecule has 0 saturated carbocycles. The molecule has 0 atom stereocenters. The Morgan fingerprint density at radius 1 is 0.591 bits per heavy atom. The van der Waals surface area contributed by atoms with Crippen LogP contribution in [0.25, 0.3) is 0 Å². The fourth-order valence-corrected chi connectivity index (χ4v) is 4.86. The van der Waals surface area contributed by atoms with E-state index in [-0.39, 0.29) is 0 Å². The van der Waals surface area contributed by atoms with E-state index in [0.717, 1.165) is 6.42 Å². The Morgan fingerprint density at radius 2 is 1.05 bits per heavy atom. The molecule has 0 amide bonds. The predicted octanol–water partition coefficient (Wildman–Crippen LogP) is 2.95. The summed E-state index contributed by atoms with van der Waals surface area (Å²) in [4.78, 5) is 0. The normalized spacial score (nSPS) is 10.8. The Kier molecular flexibility index (Phi) is 5.00. The molecule has 0 aromatic heterocycles. The predicted molar refractivity (Wildman–Crippen MR) is 97.9 cm³/mol. The zero-order chi connectivity index (χ0) is 15.2. The molecular formula is C20H20NP. The third-order valence-corrected chi connectivity index (χ3v) is 6.10. The highest BCUT2D eigenvalue weighted by Crippen LogP contribution is 2.32. The van der Waals surface area contributed by atoms with Gasteiger partial charge in [0, 0.05) is 0 Å². The molecule has 22 heavy (non-hydrogen) atoms. The summed E-state index contributed by atoms with van der Waals surface area (Å²) in [5.41, 5.74) is 6.95. The van der Waals surface area contributed by atoms with Gasteiger partial charge in [-0.05, 0) is 42.4 Å². The monoisotopic (exact) mass is 305 g/mol. The van der Waals surface area contributed by atoms with E-state index in [2.05, 4.69) is 84.9 Å². The number of benzene rings is 3. The van der Waals surface area contributed by atoms with Gasteiger partial charge in [-0.15, -0.1) is 0 Å². The van der Waals surface area contributed by atoms with E-state index in [1.807, 2.05) is 0 Å². The Bertz CT molecular complexity index is 653. The van der Waals surface area contributed by atoms with Gasteiger partial charge in [-0.25, -0.2) is 0 Å². The van der Waals surface area contributed by atoms with Crippen LogP contribution in [0.4, 0.5) is 0 Å². The van der Waals surface area contributed by atoms with Crippen LogP contribution in [0, 0.1) is 0 Å². The van der Waals surface area contributed by atoms with Gasteiger partial charge in [-0.3, -0.25) is 0 Å². The highest BCUT2D eigenvalue weighted by atomic mass is 31.1. The molecule has 0 radical (unpaired) electrons. The number of nitrogens with two attached hydrogens (primary N) is 1. The Balaban J connectivity index is 2.02. The topological polar surface area (TPSA) is 26.0 Å². The van der Waals surface area contributed by atoms with Crippen LogP contribution >= 0.6 is 7.92 Å². The zero-order valence-electron chi connectivity index (χ0n) is 12.5. The van der Waals surface area contributed by atoms with Crippen LogP contribution in [0.15, 0.2) is 84.9 Å². The van der Waals surface area contributed by atoms with Crippen LogP contribution in [-0.2, 0) is 6.42 Å². The molecule has 1 nitrogen and oxygen atoms in total. The average molecular weight is 305 g/mol. The lowest BCUT2D eigenvalue weighted by Gasteiger charge is -2.19. The molecule has 0 heterocycles. The van der Waals surface area contributed by atoms with Crippen LogP contribution in [0.2, 0.25) is 0 Å². The molecule has 2 N–H and O–H groups in total. The van der Waals surface area contributed by atoms with Gasteiger partial charge in [0.05, 0.1) is 0 Å². The SMILES string of the molecule is NCCc1ccc(P(c2ccccc2)c2ccccc2)cc1. The van der Waals surface area contributed by atoms with Gasteiger partial charge < -0.3 is 5.73 Å². The first-order valence-corrected chi connectivity index (χ1v) is 8.92. The summed E-state index contributed by atoms with van der Waals surface area (Å²) in [5, 5.41) is 4.15. The minimum Gasteiger partial charge on any atom is -0.330 e. The van der Waals surface area contributed by atoms with Gasteiger partial charge >= 0.3 is 0 Å². The molecule has 0 aliphatic heterocycles. The van der Waals surface area contributed by atoms with Crippen LogP contribution in [-0.4, -0.2) is 6.54 Å². The third kappa shape index (κ3) is 3.44. The Hall–Kier alpha value is -1.95. The zero-order valence-corrected chi connectivity index (χ0v) is 13.4. The fourth-order valence-electron chi connectivity index (χ4n) is 2.58. The van der Waals surface area contributed by atoms with Crippen LogP contribution < -0.4 is 21.6 Å². The lowest BCUT2D eigenvalue weighted by molar-refractivity contribution is 0.969. The van der Waals surface area contributed by atoms with E-state index >= 15 is 0 Å². The second kappa shape index (κ2) is 7.35. The van der Waals surface area contributed by atoms with Gasteiger partial charge in [-0.2, -0.15) is 0 Å². The number of hydrogen-bond donors (Lipinski definition) is 1. The van der Waals surface area contributed by atoms with Crippen LogP contribution in [0.3, 0.4) is 0 Å². The Morgan fingerprint density at radius 3 is 1.50 bits per heavy atom. The van der Waals surface area contributed by atoms with Crippen molar-refractivity contribution in [1.82, 2.24) is 0 Å². The van der Waals surface area contributed by atoms with Crippen molar-refractivity contribution in [3.05, 3.63) is 90.5 Å². The first-order valence-electron chi connectivity index (χ1n) is 7.58. The lowest BCUT2D eigenvalue weighted by Crippen LogP contribution is -2.20. The Labute approximate surface area is 133 Å². The molecule has 0 bridgehead atoms. The number of rotatable bonds is 5. The van der Waals surface area contributed by atoms with Crippen LogP contribution in [0.1, 0.15) is 5.56 Å². The van der Waals surface area contributed by atoms with Crippen molar-refractivity contribution < 1.29 is 0 Å². The molecule has 0 unspecified atom stereocenters. The van der Waals surface area contributed by atoms with Crippen molar-refractivity contribution in [1.29, 1.82) is 0 Å². The summed E-state index contributed by atoms with van der Waals surface area (Å²) >= 11 is 0. The minimum absolute atomic E-state index is 0.499. The lowest BCUT2D eigenvalue weighted by atomic mass is 10.2. The molecule has 0 aliphatic rings. The van der Waals surface area contributed by atoms with E-state index in [0.29, 0.717) is 6.54 Å². The summed E-state index contributed by atoms with van der Waals surface area (Å²) in [7, 11) is -0.499. The van der Waals surface area contributed by atoms with Gasteiger partial charge in [0.2, 0.25) is 0 Å². The smallest absolute Gasteiger partial charge is 0.00367 e. The largest absolute Gasteiger partial charge is 0.330 e. The van der Waals surface area contributed by atoms with E-state index in [9.17, 15) is 0 Å². The maximum absolute atomic E-state index is 5.64. The first kappa shape index (κ1) is 15.0. The molecule has 3 aromatic carbocycles. The molecule has 2 heteroatoms. The van der Waals surface area contributed by atoms with E-state index in [4.69, 9.17) is 5.73 Å². The van der Waals surface area contributed by atoms with E-state index in [1.54, 1.807) is 0 Å².